The molecular weight excluding hydrogens is 244 g/mol. The third-order valence-electron chi connectivity index (χ3n) is 1.85. The second kappa shape index (κ2) is 6.40. The average Bonchev–Trinajstić information content (AvgIpc) is 2.77. The fourth-order valence-corrected chi connectivity index (χ4v) is 1.06. The van der Waals surface area contributed by atoms with Gasteiger partial charge in [0.05, 0.1) is 12.2 Å². The van der Waals surface area contributed by atoms with Crippen LogP contribution in [-0.2, 0) is 9.53 Å². The first-order valence-corrected chi connectivity index (χ1v) is 4.96. The van der Waals surface area contributed by atoms with Crippen LogP contribution in [-0.4, -0.2) is 42.6 Å². The van der Waals surface area contributed by atoms with Crippen molar-refractivity contribution in [3.05, 3.63) is 23.7 Å². The summed E-state index contributed by atoms with van der Waals surface area (Å²) in [5.41, 5.74) is 4.73. The van der Waals surface area contributed by atoms with Gasteiger partial charge in [-0.1, -0.05) is 0 Å². The smallest absolute Gasteiger partial charge is 0.338 e. The van der Waals surface area contributed by atoms with E-state index in [0.717, 1.165) is 12.3 Å². The molecule has 8 nitrogen and oxygen atoms in total. The van der Waals surface area contributed by atoms with Gasteiger partial charge in [0, 0.05) is 12.6 Å². The Labute approximate surface area is 102 Å². The maximum atomic E-state index is 11.4. The second-order valence-electron chi connectivity index (χ2n) is 3.28. The number of carboxylic acids is 1. The first-order chi connectivity index (χ1) is 8.50. The number of furan rings is 1. The lowest BCUT2D eigenvalue weighted by molar-refractivity contribution is -0.122. The lowest BCUT2D eigenvalue weighted by Crippen LogP contribution is -2.28. The Morgan fingerprint density at radius 3 is 2.72 bits per heavy atom. The number of hydrogen-bond acceptors (Lipinski definition) is 5. The molecule has 2 amide bonds. The predicted octanol–water partition coefficient (Wildman–Crippen LogP) is -0.790. The zero-order valence-electron chi connectivity index (χ0n) is 9.34. The third-order valence-corrected chi connectivity index (χ3v) is 1.85. The number of hydrogen-bond donors (Lipinski definition) is 3. The van der Waals surface area contributed by atoms with Crippen molar-refractivity contribution in [1.29, 1.82) is 0 Å². The van der Waals surface area contributed by atoms with E-state index in [9.17, 15) is 14.4 Å². The monoisotopic (exact) mass is 256 g/mol. The minimum absolute atomic E-state index is 0.106. The molecule has 0 aromatic carbocycles. The van der Waals surface area contributed by atoms with Crippen molar-refractivity contribution in [2.24, 2.45) is 5.73 Å². The molecule has 1 aromatic heterocycles. The van der Waals surface area contributed by atoms with Crippen molar-refractivity contribution in [1.82, 2.24) is 5.32 Å². The average molecular weight is 256 g/mol. The topological polar surface area (TPSA) is 132 Å². The molecule has 0 aliphatic rings. The van der Waals surface area contributed by atoms with E-state index in [1.54, 1.807) is 0 Å². The molecule has 0 fully saturated rings. The van der Waals surface area contributed by atoms with Gasteiger partial charge in [-0.3, -0.25) is 9.59 Å². The van der Waals surface area contributed by atoms with E-state index < -0.39 is 17.8 Å². The predicted molar refractivity (Wildman–Crippen MR) is 58.0 cm³/mol. The Kier molecular flexibility index (Phi) is 4.88. The quantitative estimate of drug-likeness (QED) is 0.548. The molecule has 0 spiro atoms. The second-order valence-corrected chi connectivity index (χ2v) is 3.28. The molecule has 8 heteroatoms. The van der Waals surface area contributed by atoms with Crippen LogP contribution in [0.25, 0.3) is 0 Å². The zero-order chi connectivity index (χ0) is 13.5. The van der Waals surface area contributed by atoms with E-state index in [4.69, 9.17) is 20.0 Å². The molecular formula is C10H12N2O6. The third kappa shape index (κ3) is 4.26. The van der Waals surface area contributed by atoms with Crippen LogP contribution in [0.5, 0.6) is 0 Å². The van der Waals surface area contributed by atoms with Crippen molar-refractivity contribution in [2.75, 3.05) is 19.8 Å². The van der Waals surface area contributed by atoms with Crippen LogP contribution in [0.15, 0.2) is 16.7 Å². The van der Waals surface area contributed by atoms with Crippen molar-refractivity contribution >= 4 is 17.8 Å². The number of nitrogens with two attached hydrogens (primary N) is 1. The van der Waals surface area contributed by atoms with Crippen LogP contribution in [0.2, 0.25) is 0 Å². The zero-order valence-corrected chi connectivity index (χ0v) is 9.34. The summed E-state index contributed by atoms with van der Waals surface area (Å²) in [7, 11) is 0. The molecule has 0 saturated heterocycles. The van der Waals surface area contributed by atoms with Crippen LogP contribution in [0.3, 0.4) is 0 Å². The summed E-state index contributed by atoms with van der Waals surface area (Å²) in [5.74, 6) is -2.45. The summed E-state index contributed by atoms with van der Waals surface area (Å²) in [5, 5.41) is 11.0. The van der Waals surface area contributed by atoms with Gasteiger partial charge in [-0.25, -0.2) is 4.79 Å². The van der Waals surface area contributed by atoms with E-state index in [-0.39, 0.29) is 31.1 Å². The normalized spacial score (nSPS) is 10.0. The molecule has 1 rings (SSSR count). The molecule has 98 valence electrons. The minimum atomic E-state index is -1.18. The van der Waals surface area contributed by atoms with Crippen LogP contribution in [0, 0.1) is 0 Å². The Morgan fingerprint density at radius 2 is 2.17 bits per heavy atom. The number of carboxylic acid groups (broad SMARTS) is 1. The molecule has 18 heavy (non-hydrogen) atoms. The van der Waals surface area contributed by atoms with Crippen molar-refractivity contribution < 1.29 is 28.6 Å². The van der Waals surface area contributed by atoms with E-state index in [2.05, 4.69) is 5.32 Å². The summed E-state index contributed by atoms with van der Waals surface area (Å²) in [6.07, 6.45) is 0.973. The van der Waals surface area contributed by atoms with Crippen molar-refractivity contribution in [3.63, 3.8) is 0 Å². The number of carbonyl (C=O) groups excluding carboxylic acids is 2. The molecule has 4 N–H and O–H groups in total. The Balaban J connectivity index is 2.32. The Bertz CT molecular complexity index is 453. The molecule has 0 atom stereocenters. The first-order valence-electron chi connectivity index (χ1n) is 4.96. The fraction of sp³-hybridized carbons (Fsp3) is 0.300. The molecule has 1 aromatic rings. The summed E-state index contributed by atoms with van der Waals surface area (Å²) >= 11 is 0. The molecule has 0 saturated carbocycles. The van der Waals surface area contributed by atoms with Gasteiger partial charge >= 0.3 is 5.97 Å². The maximum Gasteiger partial charge on any atom is 0.338 e. The van der Waals surface area contributed by atoms with E-state index in [0.29, 0.717) is 0 Å². The molecule has 1 heterocycles. The van der Waals surface area contributed by atoms with Gasteiger partial charge in [-0.15, -0.1) is 0 Å². The Morgan fingerprint density at radius 1 is 1.44 bits per heavy atom. The minimum Gasteiger partial charge on any atom is -0.478 e. The Hall–Kier alpha value is -2.35. The molecule has 0 bridgehead atoms. The van der Waals surface area contributed by atoms with Gasteiger partial charge < -0.3 is 25.3 Å². The van der Waals surface area contributed by atoms with Gasteiger partial charge in [0.25, 0.3) is 5.91 Å². The van der Waals surface area contributed by atoms with E-state index in [1.165, 1.54) is 0 Å². The van der Waals surface area contributed by atoms with E-state index in [1.807, 2.05) is 0 Å². The maximum absolute atomic E-state index is 11.4. The summed E-state index contributed by atoms with van der Waals surface area (Å²) in [4.78, 5) is 32.3. The van der Waals surface area contributed by atoms with Crippen molar-refractivity contribution in [3.8, 4) is 0 Å². The summed E-state index contributed by atoms with van der Waals surface area (Å²) < 4.78 is 9.59. The van der Waals surface area contributed by atoms with Gasteiger partial charge in [0.1, 0.15) is 12.9 Å². The molecule has 0 unspecified atom stereocenters. The first kappa shape index (κ1) is 13.7. The highest BCUT2D eigenvalue weighted by molar-refractivity contribution is 5.95. The number of amides is 2. The molecule has 0 radical (unpaired) electrons. The number of ether oxygens (including phenoxy) is 1. The lowest BCUT2D eigenvalue weighted by atomic mass is 10.3. The highest BCUT2D eigenvalue weighted by atomic mass is 16.5. The lowest BCUT2D eigenvalue weighted by Gasteiger charge is -2.03. The largest absolute Gasteiger partial charge is 0.478 e. The van der Waals surface area contributed by atoms with Gasteiger partial charge in [-0.05, 0) is 0 Å². The number of aromatic carboxylic acids is 1. The van der Waals surface area contributed by atoms with Gasteiger partial charge in [-0.2, -0.15) is 0 Å². The highest BCUT2D eigenvalue weighted by Crippen LogP contribution is 2.07. The summed E-state index contributed by atoms with van der Waals surface area (Å²) in [6, 6.07) is 1.11. The van der Waals surface area contributed by atoms with Crippen molar-refractivity contribution in [2.45, 2.75) is 0 Å². The van der Waals surface area contributed by atoms with Crippen LogP contribution in [0.1, 0.15) is 20.9 Å². The highest BCUT2D eigenvalue weighted by Gasteiger charge is 2.13. The molecule has 0 aliphatic carbocycles. The standard InChI is InChI=1S/C10H12N2O6/c11-8(13)5-17-2-1-12-9(14)7-3-6(4-18-7)10(15)16/h3-4H,1-2,5H2,(H2,11,13)(H,12,14)(H,15,16). The number of rotatable bonds is 7. The summed E-state index contributed by atoms with van der Waals surface area (Å²) in [6.45, 7) is 0.0379. The number of nitrogens with one attached hydrogen (secondary N) is 1. The number of primary amides is 1. The van der Waals surface area contributed by atoms with Crippen LogP contribution in [0.4, 0.5) is 0 Å². The molecule has 0 aliphatic heterocycles. The van der Waals surface area contributed by atoms with E-state index >= 15 is 0 Å². The van der Waals surface area contributed by atoms with Crippen LogP contribution < -0.4 is 11.1 Å². The van der Waals surface area contributed by atoms with Gasteiger partial charge in [0.2, 0.25) is 5.91 Å². The van der Waals surface area contributed by atoms with Crippen LogP contribution >= 0.6 is 0 Å². The number of carbonyl (C=O) groups is 3. The van der Waals surface area contributed by atoms with Gasteiger partial charge in [0.15, 0.2) is 5.76 Å². The fourth-order valence-electron chi connectivity index (χ4n) is 1.06. The SMILES string of the molecule is NC(=O)COCCNC(=O)c1cc(C(=O)O)co1.